The third-order valence-electron chi connectivity index (χ3n) is 6.16. The van der Waals surface area contributed by atoms with Crippen molar-refractivity contribution >= 4 is 17.4 Å². The summed E-state index contributed by atoms with van der Waals surface area (Å²) in [5.74, 6) is -0.165. The Kier molecular flexibility index (Phi) is 5.30. The van der Waals surface area contributed by atoms with Crippen LogP contribution in [0.25, 0.3) is 5.57 Å². The van der Waals surface area contributed by atoms with Gasteiger partial charge in [-0.05, 0) is 25.5 Å². The van der Waals surface area contributed by atoms with Gasteiger partial charge in [0.15, 0.2) is 0 Å². The maximum absolute atomic E-state index is 13.5. The summed E-state index contributed by atoms with van der Waals surface area (Å²) in [4.78, 5) is 32.9. The molecule has 0 N–H and O–H groups in total. The molecule has 27 heavy (non-hydrogen) atoms. The minimum atomic E-state index is -0.0907. The molecule has 5 heteroatoms. The first-order valence-corrected chi connectivity index (χ1v) is 10.3. The predicted molar refractivity (Wildman–Crippen MR) is 106 cm³/mol. The molecule has 4 rings (SSSR count). The molecule has 5 nitrogen and oxygen atoms in total. The number of nitrogens with zero attached hydrogens (tertiary/aromatic N) is 3. The van der Waals surface area contributed by atoms with Crippen LogP contribution in [-0.2, 0) is 9.59 Å². The van der Waals surface area contributed by atoms with Crippen LogP contribution in [0.2, 0.25) is 0 Å². The Morgan fingerprint density at radius 3 is 2.07 bits per heavy atom. The third kappa shape index (κ3) is 3.53. The van der Waals surface area contributed by atoms with Crippen molar-refractivity contribution in [1.82, 2.24) is 14.7 Å². The average Bonchev–Trinajstić information content (AvgIpc) is 2.85. The molecule has 1 aliphatic carbocycles. The van der Waals surface area contributed by atoms with E-state index in [9.17, 15) is 9.59 Å². The fourth-order valence-electron chi connectivity index (χ4n) is 4.57. The highest BCUT2D eigenvalue weighted by molar-refractivity contribution is 6.35. The molecule has 1 aromatic rings. The highest BCUT2D eigenvalue weighted by Gasteiger charge is 2.44. The van der Waals surface area contributed by atoms with Gasteiger partial charge in [0.05, 0.1) is 5.57 Å². The van der Waals surface area contributed by atoms with E-state index in [4.69, 9.17) is 0 Å². The van der Waals surface area contributed by atoms with Crippen molar-refractivity contribution in [2.24, 2.45) is 0 Å². The lowest BCUT2D eigenvalue weighted by molar-refractivity contribution is -0.140. The van der Waals surface area contributed by atoms with Gasteiger partial charge in [0.25, 0.3) is 11.8 Å². The van der Waals surface area contributed by atoms with Gasteiger partial charge in [0.1, 0.15) is 5.70 Å². The van der Waals surface area contributed by atoms with E-state index < -0.39 is 0 Å². The van der Waals surface area contributed by atoms with E-state index in [1.807, 2.05) is 30.3 Å². The zero-order chi connectivity index (χ0) is 18.8. The lowest BCUT2D eigenvalue weighted by atomic mass is 10.0. The SMILES string of the molecule is CN1CCN(C2=C(c3ccccc3)C(=O)N(C3CCCCCC3)C2=O)CC1. The number of rotatable bonds is 3. The number of amides is 2. The number of hydrogen-bond acceptors (Lipinski definition) is 4. The zero-order valence-electron chi connectivity index (χ0n) is 16.2. The molecule has 2 heterocycles. The normalized spacial score (nSPS) is 23.3. The van der Waals surface area contributed by atoms with Gasteiger partial charge in [-0.15, -0.1) is 0 Å². The topological polar surface area (TPSA) is 43.9 Å². The first kappa shape index (κ1) is 18.2. The van der Waals surface area contributed by atoms with Gasteiger partial charge in [0.2, 0.25) is 0 Å². The van der Waals surface area contributed by atoms with Crippen molar-refractivity contribution in [3.8, 4) is 0 Å². The van der Waals surface area contributed by atoms with Crippen molar-refractivity contribution in [3.05, 3.63) is 41.6 Å². The molecular weight excluding hydrogens is 338 g/mol. The van der Waals surface area contributed by atoms with Gasteiger partial charge in [-0.25, -0.2) is 0 Å². The lowest BCUT2D eigenvalue weighted by Crippen LogP contribution is -2.47. The van der Waals surface area contributed by atoms with Crippen LogP contribution in [0.3, 0.4) is 0 Å². The summed E-state index contributed by atoms with van der Waals surface area (Å²) >= 11 is 0. The number of benzene rings is 1. The second kappa shape index (κ2) is 7.85. The van der Waals surface area contributed by atoms with E-state index in [1.54, 1.807) is 4.90 Å². The Labute approximate surface area is 161 Å². The summed E-state index contributed by atoms with van der Waals surface area (Å²) in [7, 11) is 2.10. The van der Waals surface area contributed by atoms with Crippen molar-refractivity contribution in [2.75, 3.05) is 33.2 Å². The summed E-state index contributed by atoms with van der Waals surface area (Å²) in [5.41, 5.74) is 2.10. The number of imide groups is 1. The van der Waals surface area contributed by atoms with Crippen LogP contribution in [0.5, 0.6) is 0 Å². The van der Waals surface area contributed by atoms with E-state index in [0.717, 1.165) is 57.4 Å². The zero-order valence-corrected chi connectivity index (χ0v) is 16.2. The molecule has 0 atom stereocenters. The van der Waals surface area contributed by atoms with Crippen molar-refractivity contribution in [3.63, 3.8) is 0 Å². The van der Waals surface area contributed by atoms with Gasteiger partial charge in [-0.3, -0.25) is 14.5 Å². The van der Waals surface area contributed by atoms with Crippen LogP contribution >= 0.6 is 0 Å². The average molecular weight is 367 g/mol. The molecule has 144 valence electrons. The standard InChI is InChI=1S/C22H29N3O2/c1-23-13-15-24(16-14-23)20-19(17-9-5-4-6-10-17)21(26)25(22(20)27)18-11-7-2-3-8-12-18/h4-6,9-10,18H,2-3,7-8,11-16H2,1H3. The second-order valence-corrected chi connectivity index (χ2v) is 8.01. The molecule has 1 saturated carbocycles. The first-order chi connectivity index (χ1) is 13.2. The molecule has 0 spiro atoms. The largest absolute Gasteiger partial charge is 0.364 e. The first-order valence-electron chi connectivity index (χ1n) is 10.3. The Bertz CT molecular complexity index is 727. The summed E-state index contributed by atoms with van der Waals surface area (Å²) < 4.78 is 0. The maximum Gasteiger partial charge on any atom is 0.278 e. The fourth-order valence-corrected chi connectivity index (χ4v) is 4.57. The molecule has 1 aromatic carbocycles. The van der Waals surface area contributed by atoms with Crippen LogP contribution in [-0.4, -0.2) is 65.8 Å². The Balaban J connectivity index is 1.71. The second-order valence-electron chi connectivity index (χ2n) is 8.01. The highest BCUT2D eigenvalue weighted by atomic mass is 16.2. The van der Waals surface area contributed by atoms with Gasteiger partial charge >= 0.3 is 0 Å². The van der Waals surface area contributed by atoms with E-state index in [1.165, 1.54) is 12.8 Å². The third-order valence-corrected chi connectivity index (χ3v) is 6.16. The van der Waals surface area contributed by atoms with Crippen LogP contribution in [0.4, 0.5) is 0 Å². The van der Waals surface area contributed by atoms with Crippen LogP contribution in [0, 0.1) is 0 Å². The Morgan fingerprint density at radius 2 is 1.44 bits per heavy atom. The number of hydrogen-bond donors (Lipinski definition) is 0. The highest BCUT2D eigenvalue weighted by Crippen LogP contribution is 2.36. The van der Waals surface area contributed by atoms with Crippen LogP contribution in [0.1, 0.15) is 44.1 Å². The molecule has 0 bridgehead atoms. The minimum absolute atomic E-state index is 0.0520. The van der Waals surface area contributed by atoms with Gasteiger partial charge in [-0.2, -0.15) is 0 Å². The van der Waals surface area contributed by atoms with E-state index in [0.29, 0.717) is 11.3 Å². The van der Waals surface area contributed by atoms with Crippen molar-refractivity contribution in [2.45, 2.75) is 44.6 Å². The molecular formula is C22H29N3O2. The quantitative estimate of drug-likeness (QED) is 0.609. The summed E-state index contributed by atoms with van der Waals surface area (Å²) in [6, 6.07) is 9.78. The summed E-state index contributed by atoms with van der Waals surface area (Å²) in [6.07, 6.45) is 6.50. The van der Waals surface area contributed by atoms with Gasteiger partial charge in [-0.1, -0.05) is 56.0 Å². The molecule has 0 radical (unpaired) electrons. The molecule has 2 amide bonds. The Morgan fingerprint density at radius 1 is 0.815 bits per heavy atom. The van der Waals surface area contributed by atoms with Gasteiger partial charge < -0.3 is 9.80 Å². The van der Waals surface area contributed by atoms with Gasteiger partial charge in [0, 0.05) is 32.2 Å². The fraction of sp³-hybridized carbons (Fsp3) is 0.545. The summed E-state index contributed by atoms with van der Waals surface area (Å²) in [5, 5.41) is 0. The summed E-state index contributed by atoms with van der Waals surface area (Å²) in [6.45, 7) is 3.41. The van der Waals surface area contributed by atoms with Crippen molar-refractivity contribution < 1.29 is 9.59 Å². The molecule has 2 aliphatic heterocycles. The van der Waals surface area contributed by atoms with Crippen LogP contribution in [0.15, 0.2) is 36.0 Å². The molecule has 1 saturated heterocycles. The van der Waals surface area contributed by atoms with E-state index in [-0.39, 0.29) is 17.9 Å². The van der Waals surface area contributed by atoms with Crippen LogP contribution < -0.4 is 0 Å². The van der Waals surface area contributed by atoms with E-state index >= 15 is 0 Å². The minimum Gasteiger partial charge on any atom is -0.364 e. The Hall–Kier alpha value is -2.14. The van der Waals surface area contributed by atoms with E-state index in [2.05, 4.69) is 16.8 Å². The molecule has 3 aliphatic rings. The van der Waals surface area contributed by atoms with Crippen molar-refractivity contribution in [1.29, 1.82) is 0 Å². The predicted octanol–water partition coefficient (Wildman–Crippen LogP) is 2.74. The molecule has 0 unspecified atom stereocenters. The number of piperazine rings is 1. The monoisotopic (exact) mass is 367 g/mol. The number of likely N-dealkylation sites (N-methyl/N-ethyl adjacent to an activating group) is 1. The number of carbonyl (C=O) groups excluding carboxylic acids is 2. The smallest absolute Gasteiger partial charge is 0.278 e. The number of carbonyl (C=O) groups is 2. The molecule has 2 fully saturated rings. The lowest BCUT2D eigenvalue weighted by Gasteiger charge is -2.35. The molecule has 0 aromatic heterocycles. The maximum atomic E-state index is 13.5.